The van der Waals surface area contributed by atoms with Crippen LogP contribution in [0.3, 0.4) is 0 Å². The first kappa shape index (κ1) is 33.2. The van der Waals surface area contributed by atoms with Gasteiger partial charge in [0, 0.05) is 19.2 Å². The third kappa shape index (κ3) is 8.63. The van der Waals surface area contributed by atoms with E-state index in [2.05, 4.69) is 4.72 Å². The van der Waals surface area contributed by atoms with Gasteiger partial charge in [0.15, 0.2) is 0 Å². The summed E-state index contributed by atoms with van der Waals surface area (Å²) < 4.78 is 65.5. The summed E-state index contributed by atoms with van der Waals surface area (Å²) >= 11 is 7.33. The van der Waals surface area contributed by atoms with Gasteiger partial charge in [-0.3, -0.25) is 20.3 Å². The second-order valence-corrected chi connectivity index (χ2v) is 11.7. The van der Waals surface area contributed by atoms with E-state index in [1.54, 1.807) is 11.0 Å². The minimum absolute atomic E-state index is 0.0341. The molecule has 0 spiro atoms. The van der Waals surface area contributed by atoms with Gasteiger partial charge in [-0.2, -0.15) is 17.9 Å². The molecule has 1 unspecified atom stereocenters. The summed E-state index contributed by atoms with van der Waals surface area (Å²) in [6, 6.07) is 10.1. The number of rotatable bonds is 9. The molecule has 3 aromatic rings. The third-order valence-corrected chi connectivity index (χ3v) is 8.42. The fourth-order valence-electron chi connectivity index (χ4n) is 3.63. The number of sulfonamides is 1. The highest BCUT2D eigenvalue weighted by Gasteiger charge is 2.38. The van der Waals surface area contributed by atoms with Crippen molar-refractivity contribution < 1.29 is 45.9 Å². The highest BCUT2D eigenvalue weighted by molar-refractivity contribution is 7.89. The molecule has 2 aromatic carbocycles. The number of amides is 1. The van der Waals surface area contributed by atoms with E-state index in [-0.39, 0.29) is 38.8 Å². The van der Waals surface area contributed by atoms with Crippen molar-refractivity contribution in [3.63, 3.8) is 0 Å². The van der Waals surface area contributed by atoms with Gasteiger partial charge in [-0.25, -0.2) is 13.2 Å². The smallest absolute Gasteiger partial charge is 0.475 e. The number of aliphatic carboxylic acids is 1. The zero-order chi connectivity index (χ0) is 32.1. The van der Waals surface area contributed by atoms with Crippen molar-refractivity contribution in [2.75, 3.05) is 6.54 Å². The molecular weight excluding hydrogens is 643 g/mol. The zero-order valence-corrected chi connectivity index (χ0v) is 23.9. The SMILES string of the molecule is N=C(N)c1cc(CN2CCC(NS(=O)(=O)c3ccc(Oc4c(Cl)cccc4[N+](=O)[O-])cc3)C2=O)cs1.O=C(O)C(F)(F)F. The lowest BCUT2D eigenvalue weighted by atomic mass is 10.3. The van der Waals surface area contributed by atoms with E-state index in [0.29, 0.717) is 24.4 Å². The maximum Gasteiger partial charge on any atom is 0.490 e. The Hall–Kier alpha value is -4.26. The number of likely N-dealkylation sites (tertiary alicyclic amines) is 1. The number of benzene rings is 2. The number of nitrogens with two attached hydrogens (primary N) is 1. The van der Waals surface area contributed by atoms with Crippen LogP contribution in [0.2, 0.25) is 5.02 Å². The number of amidine groups is 1. The standard InChI is InChI=1S/C22H20ClN5O6S2.C2HF3O2/c23-16-2-1-3-18(28(30)31)20(16)34-14-4-6-15(7-5-14)36(32,33)26-17-8-9-27(22(17)29)11-13-10-19(21(24)25)35-12-13;3-2(4,5)1(6)7/h1-7,10,12,17,26H,8-9,11H2,(H3,24,25);(H,6,7). The number of carbonyl (C=O) groups is 2. The Bertz CT molecular complexity index is 1650. The van der Waals surface area contributed by atoms with Crippen LogP contribution >= 0.6 is 22.9 Å². The van der Waals surface area contributed by atoms with Crippen molar-refractivity contribution >= 4 is 56.4 Å². The first-order valence-corrected chi connectivity index (χ1v) is 14.5. The number of thiophene rings is 1. The Kier molecular flexibility index (Phi) is 10.3. The number of nitrogen functional groups attached to an aromatic ring is 1. The molecule has 0 saturated carbocycles. The lowest BCUT2D eigenvalue weighted by Gasteiger charge is -2.16. The van der Waals surface area contributed by atoms with Crippen LogP contribution in [0.25, 0.3) is 0 Å². The van der Waals surface area contributed by atoms with Crippen molar-refractivity contribution in [2.24, 2.45) is 5.73 Å². The van der Waals surface area contributed by atoms with Crippen molar-refractivity contribution in [3.05, 3.63) is 79.5 Å². The predicted octanol–water partition coefficient (Wildman–Crippen LogP) is 4.10. The molecule has 13 nitrogen and oxygen atoms in total. The summed E-state index contributed by atoms with van der Waals surface area (Å²) in [5.74, 6) is -3.16. The van der Waals surface area contributed by atoms with Crippen molar-refractivity contribution in [1.29, 1.82) is 5.41 Å². The number of alkyl halides is 3. The average Bonchev–Trinajstić information content (AvgIpc) is 3.52. The van der Waals surface area contributed by atoms with Crippen LogP contribution in [0.15, 0.2) is 58.8 Å². The number of nitrogens with zero attached hydrogens (tertiary/aromatic N) is 2. The van der Waals surface area contributed by atoms with Gasteiger partial charge in [0.2, 0.25) is 21.7 Å². The number of para-hydroxylation sites is 1. The first-order chi connectivity index (χ1) is 20.0. The summed E-state index contributed by atoms with van der Waals surface area (Å²) in [5, 5.41) is 27.7. The molecular formula is C24H21ClF3N5O8S2. The van der Waals surface area contributed by atoms with Crippen LogP contribution in [-0.4, -0.2) is 59.8 Å². The Morgan fingerprint density at radius 1 is 1.28 bits per heavy atom. The van der Waals surface area contributed by atoms with Crippen LogP contribution in [-0.2, 0) is 26.2 Å². The van der Waals surface area contributed by atoms with Gasteiger partial charge in [-0.1, -0.05) is 17.7 Å². The molecule has 1 atom stereocenters. The molecule has 0 radical (unpaired) electrons. The van der Waals surface area contributed by atoms with Crippen molar-refractivity contribution in [3.8, 4) is 11.5 Å². The molecule has 4 rings (SSSR count). The fourth-order valence-corrected chi connectivity index (χ4v) is 5.83. The molecule has 0 aliphatic carbocycles. The van der Waals surface area contributed by atoms with Gasteiger partial charge in [0.05, 0.1) is 19.7 Å². The summed E-state index contributed by atoms with van der Waals surface area (Å²) in [7, 11) is -4.03. The second kappa shape index (κ2) is 13.4. The van der Waals surface area contributed by atoms with E-state index in [0.717, 1.165) is 5.56 Å². The van der Waals surface area contributed by atoms with Gasteiger partial charge < -0.3 is 20.5 Å². The summed E-state index contributed by atoms with van der Waals surface area (Å²) in [5.41, 5.74) is 5.97. The molecule has 1 saturated heterocycles. The average molecular weight is 664 g/mol. The predicted molar refractivity (Wildman–Crippen MR) is 148 cm³/mol. The minimum Gasteiger partial charge on any atom is -0.475 e. The number of nitro benzene ring substituents is 1. The molecule has 0 bridgehead atoms. The van der Waals surface area contributed by atoms with Crippen LogP contribution in [0.5, 0.6) is 11.5 Å². The Balaban J connectivity index is 0.000000646. The van der Waals surface area contributed by atoms with Crippen LogP contribution in [0.4, 0.5) is 18.9 Å². The summed E-state index contributed by atoms with van der Waals surface area (Å²) in [4.78, 5) is 34.3. The second-order valence-electron chi connectivity index (χ2n) is 8.68. The van der Waals surface area contributed by atoms with E-state index in [1.807, 2.05) is 5.38 Å². The van der Waals surface area contributed by atoms with Crippen molar-refractivity contribution in [2.45, 2.75) is 30.1 Å². The zero-order valence-electron chi connectivity index (χ0n) is 21.5. The minimum atomic E-state index is -5.08. The number of hydrogen-bond donors (Lipinski definition) is 4. The van der Waals surface area contributed by atoms with Crippen LogP contribution in [0.1, 0.15) is 16.9 Å². The number of hydrogen-bond acceptors (Lipinski definition) is 9. The lowest BCUT2D eigenvalue weighted by Crippen LogP contribution is -2.41. The topological polar surface area (TPSA) is 206 Å². The number of halogens is 4. The monoisotopic (exact) mass is 663 g/mol. The Morgan fingerprint density at radius 2 is 1.91 bits per heavy atom. The first-order valence-electron chi connectivity index (χ1n) is 11.7. The van der Waals surface area contributed by atoms with Gasteiger partial charge in [0.25, 0.3) is 0 Å². The van der Waals surface area contributed by atoms with E-state index < -0.39 is 33.1 Å². The molecule has 19 heteroatoms. The van der Waals surface area contributed by atoms with Gasteiger partial charge in [0.1, 0.15) is 17.6 Å². The van der Waals surface area contributed by atoms with E-state index in [4.69, 9.17) is 37.4 Å². The summed E-state index contributed by atoms with van der Waals surface area (Å²) in [6.07, 6.45) is -4.78. The largest absolute Gasteiger partial charge is 0.490 e. The Morgan fingerprint density at radius 3 is 2.44 bits per heavy atom. The lowest BCUT2D eigenvalue weighted by molar-refractivity contribution is -0.385. The van der Waals surface area contributed by atoms with E-state index in [9.17, 15) is 36.5 Å². The van der Waals surface area contributed by atoms with Gasteiger partial charge >= 0.3 is 17.8 Å². The number of nitrogens with one attached hydrogen (secondary N) is 2. The molecule has 1 aromatic heterocycles. The van der Waals surface area contributed by atoms with Gasteiger partial charge in [-0.05, 0) is 53.8 Å². The fraction of sp³-hybridized carbons (Fsp3) is 0.208. The molecule has 1 amide bonds. The number of carboxylic acids is 1. The van der Waals surface area contributed by atoms with E-state index >= 15 is 0 Å². The third-order valence-electron chi connectivity index (χ3n) is 5.63. The molecule has 43 heavy (non-hydrogen) atoms. The number of ether oxygens (including phenoxy) is 1. The highest BCUT2D eigenvalue weighted by Crippen LogP contribution is 2.38. The Labute approximate surface area is 250 Å². The highest BCUT2D eigenvalue weighted by atomic mass is 35.5. The molecule has 5 N–H and O–H groups in total. The summed E-state index contributed by atoms with van der Waals surface area (Å²) in [6.45, 7) is 0.668. The van der Waals surface area contributed by atoms with Gasteiger partial charge in [-0.15, -0.1) is 11.3 Å². The van der Waals surface area contributed by atoms with Crippen LogP contribution < -0.4 is 15.2 Å². The maximum atomic E-state index is 12.9. The van der Waals surface area contributed by atoms with Crippen molar-refractivity contribution in [1.82, 2.24) is 9.62 Å². The molecule has 1 aliphatic heterocycles. The van der Waals surface area contributed by atoms with Crippen LogP contribution in [0, 0.1) is 15.5 Å². The van der Waals surface area contributed by atoms with E-state index in [1.165, 1.54) is 53.8 Å². The number of carboxylic acid groups (broad SMARTS) is 1. The number of carbonyl (C=O) groups excluding carboxylic acids is 1. The molecule has 1 aliphatic rings. The maximum absolute atomic E-state index is 12.9. The molecule has 1 fully saturated rings. The normalized spacial score (nSPS) is 15.0. The molecule has 230 valence electrons. The quantitative estimate of drug-likeness (QED) is 0.112. The number of nitro groups is 1. The molecule has 2 heterocycles.